The van der Waals surface area contributed by atoms with E-state index in [-0.39, 0.29) is 11.3 Å². The third-order valence-electron chi connectivity index (χ3n) is 3.38. The van der Waals surface area contributed by atoms with Crippen molar-refractivity contribution in [3.63, 3.8) is 0 Å². The minimum absolute atomic E-state index is 0.136. The lowest BCUT2D eigenvalue weighted by atomic mass is 9.74. The largest absolute Gasteiger partial charge is 0.295 e. The maximum atomic E-state index is 11.3. The van der Waals surface area contributed by atoms with Crippen molar-refractivity contribution in [1.82, 2.24) is 0 Å². The Kier molecular flexibility index (Phi) is 1.91. The van der Waals surface area contributed by atoms with Crippen LogP contribution in [0.15, 0.2) is 11.6 Å². The summed E-state index contributed by atoms with van der Waals surface area (Å²) in [7, 11) is 0. The normalized spacial score (nSPS) is 37.6. The zero-order valence-corrected chi connectivity index (χ0v) is 7.77. The topological polar surface area (TPSA) is 17.1 Å². The summed E-state index contributed by atoms with van der Waals surface area (Å²) in [5.41, 5.74) is 1.38. The highest BCUT2D eigenvalue weighted by Crippen LogP contribution is 2.43. The number of hydrogen-bond acceptors (Lipinski definition) is 1. The molecule has 0 fully saturated rings. The van der Waals surface area contributed by atoms with Gasteiger partial charge in [0.1, 0.15) is 0 Å². The molecule has 1 aliphatic rings. The average molecular weight is 152 g/mol. The molecule has 0 aromatic heterocycles. The van der Waals surface area contributed by atoms with Crippen molar-refractivity contribution in [2.75, 3.05) is 0 Å². The Morgan fingerprint density at radius 3 is 2.36 bits per heavy atom. The quantitative estimate of drug-likeness (QED) is 0.564. The van der Waals surface area contributed by atoms with Crippen molar-refractivity contribution in [3.05, 3.63) is 11.6 Å². The fourth-order valence-electron chi connectivity index (χ4n) is 1.74. The maximum absolute atomic E-state index is 11.3. The van der Waals surface area contributed by atoms with Gasteiger partial charge < -0.3 is 0 Å². The molecular weight excluding hydrogens is 136 g/mol. The van der Waals surface area contributed by atoms with Gasteiger partial charge in [-0.2, -0.15) is 0 Å². The summed E-state index contributed by atoms with van der Waals surface area (Å²) in [4.78, 5) is 11.3. The van der Waals surface area contributed by atoms with Crippen molar-refractivity contribution in [1.29, 1.82) is 0 Å². The van der Waals surface area contributed by atoms with E-state index in [2.05, 4.69) is 20.8 Å². The molecule has 1 aliphatic carbocycles. The van der Waals surface area contributed by atoms with Crippen molar-refractivity contribution in [2.24, 2.45) is 11.3 Å². The second-order valence-electron chi connectivity index (χ2n) is 3.72. The number of carbonyl (C=O) groups is 1. The molecule has 0 saturated heterocycles. The standard InChI is InChI=1S/C10H16O/c1-5-10(4)7(2)6-9(11)8(10)3/h6,8H,5H2,1-4H3. The van der Waals surface area contributed by atoms with Crippen LogP contribution in [0.4, 0.5) is 0 Å². The summed E-state index contributed by atoms with van der Waals surface area (Å²) in [5.74, 6) is 0.486. The van der Waals surface area contributed by atoms with Gasteiger partial charge in [0.25, 0.3) is 0 Å². The van der Waals surface area contributed by atoms with Crippen LogP contribution in [-0.4, -0.2) is 5.78 Å². The molecule has 0 heterocycles. The molecule has 0 saturated carbocycles. The van der Waals surface area contributed by atoms with Crippen LogP contribution in [0.3, 0.4) is 0 Å². The van der Waals surface area contributed by atoms with Crippen LogP contribution < -0.4 is 0 Å². The lowest BCUT2D eigenvalue weighted by Crippen LogP contribution is -2.24. The molecule has 1 rings (SSSR count). The first-order chi connectivity index (χ1) is 5.02. The SMILES string of the molecule is CCC1(C)C(C)=CC(=O)C1C. The Balaban J connectivity index is 3.00. The third kappa shape index (κ3) is 1.03. The molecule has 0 aromatic carbocycles. The fraction of sp³-hybridized carbons (Fsp3) is 0.700. The highest BCUT2D eigenvalue weighted by Gasteiger charge is 2.39. The summed E-state index contributed by atoms with van der Waals surface area (Å²) in [5, 5.41) is 0. The van der Waals surface area contributed by atoms with E-state index in [4.69, 9.17) is 0 Å². The van der Waals surface area contributed by atoms with Crippen LogP contribution >= 0.6 is 0 Å². The summed E-state index contributed by atoms with van der Waals surface area (Å²) in [6.07, 6.45) is 2.86. The average Bonchev–Trinajstić information content (AvgIpc) is 2.16. The molecule has 1 nitrogen and oxygen atoms in total. The first-order valence-electron chi connectivity index (χ1n) is 4.25. The van der Waals surface area contributed by atoms with Crippen LogP contribution in [0, 0.1) is 11.3 Å². The number of hydrogen-bond donors (Lipinski definition) is 0. The summed E-state index contributed by atoms with van der Waals surface area (Å²) < 4.78 is 0. The van der Waals surface area contributed by atoms with Crippen molar-refractivity contribution in [2.45, 2.75) is 34.1 Å². The Morgan fingerprint density at radius 2 is 2.18 bits per heavy atom. The van der Waals surface area contributed by atoms with Gasteiger partial charge in [0, 0.05) is 5.92 Å². The van der Waals surface area contributed by atoms with Crippen LogP contribution in [0.25, 0.3) is 0 Å². The van der Waals surface area contributed by atoms with Gasteiger partial charge in [-0.1, -0.05) is 26.3 Å². The van der Waals surface area contributed by atoms with E-state index < -0.39 is 0 Å². The van der Waals surface area contributed by atoms with E-state index in [0.717, 1.165) is 6.42 Å². The monoisotopic (exact) mass is 152 g/mol. The molecule has 0 radical (unpaired) electrons. The minimum Gasteiger partial charge on any atom is -0.295 e. The second-order valence-corrected chi connectivity index (χ2v) is 3.72. The molecule has 0 aliphatic heterocycles. The Labute approximate surface area is 68.5 Å². The predicted molar refractivity (Wildman–Crippen MR) is 46.3 cm³/mol. The minimum atomic E-state index is 0.136. The van der Waals surface area contributed by atoms with E-state index in [9.17, 15) is 4.79 Å². The number of rotatable bonds is 1. The molecular formula is C10H16O. The van der Waals surface area contributed by atoms with Crippen LogP contribution in [0.2, 0.25) is 0 Å². The predicted octanol–water partition coefficient (Wildman–Crippen LogP) is 2.57. The molecule has 0 spiro atoms. The van der Waals surface area contributed by atoms with Crippen LogP contribution in [0.1, 0.15) is 34.1 Å². The Hall–Kier alpha value is -0.590. The highest BCUT2D eigenvalue weighted by molar-refractivity contribution is 5.96. The lowest BCUT2D eigenvalue weighted by Gasteiger charge is -2.28. The molecule has 0 bridgehead atoms. The van der Waals surface area contributed by atoms with Crippen molar-refractivity contribution in [3.8, 4) is 0 Å². The van der Waals surface area contributed by atoms with Crippen LogP contribution in [0.5, 0.6) is 0 Å². The molecule has 1 heteroatoms. The molecule has 11 heavy (non-hydrogen) atoms. The van der Waals surface area contributed by atoms with E-state index in [0.29, 0.717) is 5.78 Å². The number of carbonyl (C=O) groups excluding carboxylic acids is 1. The van der Waals surface area contributed by atoms with Gasteiger partial charge in [-0.15, -0.1) is 0 Å². The molecule has 0 amide bonds. The maximum Gasteiger partial charge on any atom is 0.159 e. The summed E-state index contributed by atoms with van der Waals surface area (Å²) >= 11 is 0. The fourth-order valence-corrected chi connectivity index (χ4v) is 1.74. The Morgan fingerprint density at radius 1 is 1.64 bits per heavy atom. The molecule has 0 N–H and O–H groups in total. The molecule has 2 atom stereocenters. The van der Waals surface area contributed by atoms with Gasteiger partial charge in [0.2, 0.25) is 0 Å². The van der Waals surface area contributed by atoms with Gasteiger partial charge in [-0.05, 0) is 24.8 Å². The van der Waals surface area contributed by atoms with Gasteiger partial charge >= 0.3 is 0 Å². The van der Waals surface area contributed by atoms with E-state index >= 15 is 0 Å². The van der Waals surface area contributed by atoms with Gasteiger partial charge in [-0.25, -0.2) is 0 Å². The third-order valence-corrected chi connectivity index (χ3v) is 3.38. The summed E-state index contributed by atoms with van der Waals surface area (Å²) in [6.45, 7) is 8.41. The van der Waals surface area contributed by atoms with Crippen molar-refractivity contribution < 1.29 is 4.79 Å². The van der Waals surface area contributed by atoms with Gasteiger partial charge in [0.15, 0.2) is 5.78 Å². The smallest absolute Gasteiger partial charge is 0.159 e. The van der Waals surface area contributed by atoms with Crippen LogP contribution in [-0.2, 0) is 4.79 Å². The van der Waals surface area contributed by atoms with Gasteiger partial charge in [0.05, 0.1) is 0 Å². The van der Waals surface area contributed by atoms with E-state index in [1.807, 2.05) is 6.92 Å². The van der Waals surface area contributed by atoms with Gasteiger partial charge in [-0.3, -0.25) is 4.79 Å². The highest BCUT2D eigenvalue weighted by atomic mass is 16.1. The number of allylic oxidation sites excluding steroid dienone is 2. The molecule has 2 unspecified atom stereocenters. The zero-order valence-electron chi connectivity index (χ0n) is 7.77. The second kappa shape index (κ2) is 2.47. The van der Waals surface area contributed by atoms with E-state index in [1.54, 1.807) is 6.08 Å². The molecule has 0 aromatic rings. The van der Waals surface area contributed by atoms with Crippen molar-refractivity contribution >= 4 is 5.78 Å². The zero-order chi connectivity index (χ0) is 8.65. The molecule has 62 valence electrons. The lowest BCUT2D eigenvalue weighted by molar-refractivity contribution is -0.119. The Bertz CT molecular complexity index is 215. The first-order valence-corrected chi connectivity index (χ1v) is 4.25. The number of ketones is 1. The first kappa shape index (κ1) is 8.51. The summed E-state index contributed by atoms with van der Waals surface area (Å²) in [6, 6.07) is 0. The van der Waals surface area contributed by atoms with E-state index in [1.165, 1.54) is 5.57 Å².